The number of benzene rings is 1. The maximum atomic E-state index is 11.6. The van der Waals surface area contributed by atoms with E-state index in [9.17, 15) is 4.79 Å². The van der Waals surface area contributed by atoms with Crippen molar-refractivity contribution in [2.45, 2.75) is 6.42 Å². The molecule has 1 aromatic heterocycles. The second-order valence-corrected chi connectivity index (χ2v) is 3.98. The first-order valence-corrected chi connectivity index (χ1v) is 5.67. The lowest BCUT2D eigenvalue weighted by Gasteiger charge is -2.01. The van der Waals surface area contributed by atoms with Gasteiger partial charge in [0.25, 0.3) is 0 Å². The summed E-state index contributed by atoms with van der Waals surface area (Å²) >= 11 is 1.13. The molecule has 2 aromatic rings. The van der Waals surface area contributed by atoms with Crippen molar-refractivity contribution < 1.29 is 14.3 Å². The lowest BCUT2D eigenvalue weighted by Crippen LogP contribution is -2.10. The highest BCUT2D eigenvalue weighted by Crippen LogP contribution is 2.13. The van der Waals surface area contributed by atoms with Crippen LogP contribution in [0.2, 0.25) is 0 Å². The van der Waals surface area contributed by atoms with Crippen LogP contribution in [0.5, 0.6) is 11.8 Å². The number of esters is 1. The molecular weight excluding hydrogens is 240 g/mol. The molecule has 0 atom stereocenters. The lowest BCUT2D eigenvalue weighted by molar-refractivity contribution is -0.133. The van der Waals surface area contributed by atoms with Gasteiger partial charge in [-0.3, -0.25) is 4.79 Å². The van der Waals surface area contributed by atoms with Crippen molar-refractivity contribution in [1.29, 1.82) is 0 Å². The summed E-state index contributed by atoms with van der Waals surface area (Å²) in [7, 11) is 1.48. The van der Waals surface area contributed by atoms with E-state index >= 15 is 0 Å². The third-order valence-electron chi connectivity index (χ3n) is 1.90. The molecule has 1 heterocycles. The zero-order valence-electron chi connectivity index (χ0n) is 9.12. The topological polar surface area (TPSA) is 61.3 Å². The first-order valence-electron chi connectivity index (χ1n) is 4.90. The summed E-state index contributed by atoms with van der Waals surface area (Å²) in [6, 6.07) is 9.18. The number of nitrogens with zero attached hydrogens (tertiary/aromatic N) is 2. The van der Waals surface area contributed by atoms with Crippen molar-refractivity contribution in [3.8, 4) is 11.8 Å². The van der Waals surface area contributed by atoms with E-state index in [1.165, 1.54) is 7.11 Å². The second-order valence-electron chi connectivity index (χ2n) is 3.14. The van der Waals surface area contributed by atoms with E-state index in [1.54, 1.807) is 24.3 Å². The maximum Gasteiger partial charge on any atom is 0.328 e. The zero-order valence-corrected chi connectivity index (χ0v) is 9.94. The average molecular weight is 250 g/mol. The van der Waals surface area contributed by atoms with E-state index in [1.807, 2.05) is 6.07 Å². The van der Waals surface area contributed by atoms with Gasteiger partial charge in [0.1, 0.15) is 10.8 Å². The van der Waals surface area contributed by atoms with Gasteiger partial charge in [0.15, 0.2) is 0 Å². The SMILES string of the molecule is COc1nsc(CC(=O)Oc2ccccc2)n1. The van der Waals surface area contributed by atoms with Crippen LogP contribution in [0.1, 0.15) is 5.01 Å². The fourth-order valence-corrected chi connectivity index (χ4v) is 1.77. The Morgan fingerprint density at radius 1 is 1.35 bits per heavy atom. The fraction of sp³-hybridized carbons (Fsp3) is 0.182. The molecule has 88 valence electrons. The Morgan fingerprint density at radius 3 is 2.76 bits per heavy atom. The number of carbonyl (C=O) groups excluding carboxylic acids is 1. The molecule has 1 aromatic carbocycles. The molecule has 0 bridgehead atoms. The van der Waals surface area contributed by atoms with Gasteiger partial charge in [0.2, 0.25) is 0 Å². The van der Waals surface area contributed by atoms with E-state index in [0.29, 0.717) is 10.8 Å². The van der Waals surface area contributed by atoms with Gasteiger partial charge in [-0.15, -0.1) is 4.37 Å². The van der Waals surface area contributed by atoms with Gasteiger partial charge < -0.3 is 9.47 Å². The lowest BCUT2D eigenvalue weighted by atomic mass is 10.3. The van der Waals surface area contributed by atoms with E-state index in [-0.39, 0.29) is 18.4 Å². The van der Waals surface area contributed by atoms with Crippen molar-refractivity contribution >= 4 is 17.5 Å². The van der Waals surface area contributed by atoms with Crippen molar-refractivity contribution in [2.75, 3.05) is 7.11 Å². The summed E-state index contributed by atoms with van der Waals surface area (Å²) in [5.74, 6) is 0.156. The molecule has 0 unspecified atom stereocenters. The van der Waals surface area contributed by atoms with Gasteiger partial charge in [-0.05, 0) is 23.7 Å². The quantitative estimate of drug-likeness (QED) is 0.610. The van der Waals surface area contributed by atoms with Gasteiger partial charge in [0.05, 0.1) is 13.5 Å². The van der Waals surface area contributed by atoms with Gasteiger partial charge in [0, 0.05) is 0 Å². The van der Waals surface area contributed by atoms with Crippen LogP contribution in [0.4, 0.5) is 0 Å². The first-order chi connectivity index (χ1) is 8.28. The first kappa shape index (κ1) is 11.5. The third-order valence-corrected chi connectivity index (χ3v) is 2.60. The Morgan fingerprint density at radius 2 is 2.12 bits per heavy atom. The highest BCUT2D eigenvalue weighted by atomic mass is 32.1. The van der Waals surface area contributed by atoms with Gasteiger partial charge in [-0.2, -0.15) is 4.98 Å². The summed E-state index contributed by atoms with van der Waals surface area (Å²) in [5, 5.41) is 0.572. The fourth-order valence-electron chi connectivity index (χ4n) is 1.17. The van der Waals surface area contributed by atoms with E-state index in [0.717, 1.165) is 11.5 Å². The normalized spacial score (nSPS) is 9.94. The standard InChI is InChI=1S/C11H10N2O3S/c1-15-11-12-9(17-13-11)7-10(14)16-8-5-3-2-4-6-8/h2-6H,7H2,1H3. The van der Waals surface area contributed by atoms with Gasteiger partial charge >= 0.3 is 12.0 Å². The second kappa shape index (κ2) is 5.40. The third kappa shape index (κ3) is 3.25. The minimum atomic E-state index is -0.366. The smallest absolute Gasteiger partial charge is 0.328 e. The van der Waals surface area contributed by atoms with Crippen LogP contribution >= 0.6 is 11.5 Å². The number of rotatable bonds is 4. The highest BCUT2D eigenvalue weighted by Gasteiger charge is 2.11. The molecule has 6 heteroatoms. The Labute approximate surface area is 102 Å². The number of aromatic nitrogens is 2. The number of ether oxygens (including phenoxy) is 2. The molecule has 17 heavy (non-hydrogen) atoms. The molecule has 2 rings (SSSR count). The molecule has 0 radical (unpaired) electrons. The molecule has 0 aliphatic rings. The number of hydrogen-bond acceptors (Lipinski definition) is 6. The highest BCUT2D eigenvalue weighted by molar-refractivity contribution is 7.05. The molecule has 0 spiro atoms. The summed E-state index contributed by atoms with van der Waals surface area (Å²) in [6.07, 6.45) is 0.0932. The molecule has 0 saturated heterocycles. The largest absolute Gasteiger partial charge is 0.466 e. The summed E-state index contributed by atoms with van der Waals surface area (Å²) in [4.78, 5) is 15.5. The molecule has 0 aliphatic heterocycles. The predicted molar refractivity (Wildman–Crippen MR) is 62.2 cm³/mol. The van der Waals surface area contributed by atoms with Crippen molar-refractivity contribution in [2.24, 2.45) is 0 Å². The Kier molecular flexibility index (Phi) is 3.66. The van der Waals surface area contributed by atoms with E-state index < -0.39 is 0 Å². The van der Waals surface area contributed by atoms with Gasteiger partial charge in [-0.1, -0.05) is 18.2 Å². The van der Waals surface area contributed by atoms with Crippen molar-refractivity contribution in [1.82, 2.24) is 9.36 Å². The zero-order chi connectivity index (χ0) is 12.1. The van der Waals surface area contributed by atoms with E-state index in [2.05, 4.69) is 9.36 Å². The number of para-hydroxylation sites is 1. The number of methoxy groups -OCH3 is 1. The van der Waals surface area contributed by atoms with Crippen molar-refractivity contribution in [3.05, 3.63) is 35.3 Å². The summed E-state index contributed by atoms with van der Waals surface area (Å²) < 4.78 is 13.8. The molecule has 0 N–H and O–H groups in total. The maximum absolute atomic E-state index is 11.6. The molecule has 0 amide bonds. The summed E-state index contributed by atoms with van der Waals surface area (Å²) in [5.41, 5.74) is 0. The molecular formula is C11H10N2O3S. The van der Waals surface area contributed by atoms with Crippen LogP contribution in [0.25, 0.3) is 0 Å². The van der Waals surface area contributed by atoms with Crippen LogP contribution in [0.15, 0.2) is 30.3 Å². The number of hydrogen-bond donors (Lipinski definition) is 0. The monoisotopic (exact) mass is 250 g/mol. The van der Waals surface area contributed by atoms with Crippen LogP contribution in [0, 0.1) is 0 Å². The van der Waals surface area contributed by atoms with Gasteiger partial charge in [-0.25, -0.2) is 0 Å². The van der Waals surface area contributed by atoms with Crippen LogP contribution in [-0.2, 0) is 11.2 Å². The van der Waals surface area contributed by atoms with Crippen LogP contribution in [0.3, 0.4) is 0 Å². The predicted octanol–water partition coefficient (Wildman–Crippen LogP) is 1.69. The molecule has 5 nitrogen and oxygen atoms in total. The molecule has 0 saturated carbocycles. The Bertz CT molecular complexity index is 498. The molecule has 0 fully saturated rings. The van der Waals surface area contributed by atoms with Crippen molar-refractivity contribution in [3.63, 3.8) is 0 Å². The molecule has 0 aliphatic carbocycles. The number of carbonyl (C=O) groups is 1. The average Bonchev–Trinajstić information content (AvgIpc) is 2.78. The minimum absolute atomic E-state index is 0.0932. The summed E-state index contributed by atoms with van der Waals surface area (Å²) in [6.45, 7) is 0. The Hall–Kier alpha value is -1.95. The van der Waals surface area contributed by atoms with E-state index in [4.69, 9.17) is 9.47 Å². The Balaban J connectivity index is 1.93. The van der Waals surface area contributed by atoms with Crippen LogP contribution in [-0.4, -0.2) is 22.4 Å². The minimum Gasteiger partial charge on any atom is -0.466 e. The van der Waals surface area contributed by atoms with Crippen LogP contribution < -0.4 is 9.47 Å².